The lowest BCUT2D eigenvalue weighted by molar-refractivity contribution is -0.121. The fraction of sp³-hybridized carbons (Fsp3) is 0.593. The molecule has 0 radical (unpaired) electrons. The molecular weight excluding hydrogens is 386 g/mol. The van der Waals surface area contributed by atoms with Gasteiger partial charge in [0.1, 0.15) is 0 Å². The van der Waals surface area contributed by atoms with Crippen LogP contribution in [0, 0.1) is 24.7 Å². The second-order valence-electron chi connectivity index (χ2n) is 9.81. The number of carbonyl (C=O) groups is 1. The lowest BCUT2D eigenvalue weighted by Crippen LogP contribution is -2.29. The zero-order valence-electron chi connectivity index (χ0n) is 19.3. The molecule has 4 heteroatoms. The van der Waals surface area contributed by atoms with Crippen LogP contribution in [0.15, 0.2) is 48.1 Å². The first-order valence-corrected chi connectivity index (χ1v) is 11.9. The number of carbonyl (C=O) groups excluding carboxylic acids is 1. The van der Waals surface area contributed by atoms with Crippen LogP contribution in [0.5, 0.6) is 0 Å². The first kappa shape index (κ1) is 23.7. The first-order valence-electron chi connectivity index (χ1n) is 11.9. The molecule has 1 aromatic carbocycles. The summed E-state index contributed by atoms with van der Waals surface area (Å²) < 4.78 is 0. The van der Waals surface area contributed by atoms with Crippen LogP contribution in [-0.4, -0.2) is 34.4 Å². The van der Waals surface area contributed by atoms with Crippen LogP contribution in [-0.2, 0) is 11.2 Å². The number of hydrogen-bond donors (Lipinski definition) is 3. The second kappa shape index (κ2) is 11.1. The molecule has 0 heterocycles. The van der Waals surface area contributed by atoms with Crippen molar-refractivity contribution in [2.24, 2.45) is 17.8 Å². The van der Waals surface area contributed by atoms with Crippen LogP contribution >= 0.6 is 0 Å². The molecule has 3 N–H and O–H groups in total. The Morgan fingerprint density at radius 1 is 1.29 bits per heavy atom. The number of amides is 1. The number of aliphatic hydroxyl groups is 2. The SMILES string of the molecule is Cc1cccc(C[C@H](O)C=C[C@@H]2[C@H]3CC(CCCCC(=O)NC(C)C)=C[C@H]3C[C@H]2O)c1. The monoisotopic (exact) mass is 425 g/mol. The molecule has 5 atom stereocenters. The van der Waals surface area contributed by atoms with Crippen molar-refractivity contribution in [3.8, 4) is 0 Å². The number of unbranched alkanes of at least 4 members (excludes halogenated alkanes) is 1. The summed E-state index contributed by atoms with van der Waals surface area (Å²) >= 11 is 0. The van der Waals surface area contributed by atoms with Gasteiger partial charge in [-0.1, -0.05) is 53.6 Å². The Labute approximate surface area is 187 Å². The van der Waals surface area contributed by atoms with Gasteiger partial charge in [0.2, 0.25) is 5.91 Å². The number of aliphatic hydroxyl groups excluding tert-OH is 2. The van der Waals surface area contributed by atoms with Gasteiger partial charge in [-0.15, -0.1) is 0 Å². The number of fused-ring (bicyclic) bond motifs is 1. The van der Waals surface area contributed by atoms with Gasteiger partial charge < -0.3 is 15.5 Å². The fourth-order valence-electron chi connectivity index (χ4n) is 5.23. The van der Waals surface area contributed by atoms with Gasteiger partial charge in [-0.2, -0.15) is 0 Å². The van der Waals surface area contributed by atoms with Crippen molar-refractivity contribution >= 4 is 5.91 Å². The highest BCUT2D eigenvalue weighted by atomic mass is 16.3. The van der Waals surface area contributed by atoms with Gasteiger partial charge in [-0.3, -0.25) is 4.79 Å². The quantitative estimate of drug-likeness (QED) is 0.382. The number of rotatable bonds is 10. The molecule has 3 rings (SSSR count). The van der Waals surface area contributed by atoms with Crippen molar-refractivity contribution < 1.29 is 15.0 Å². The first-order chi connectivity index (χ1) is 14.8. The summed E-state index contributed by atoms with van der Waals surface area (Å²) in [6, 6.07) is 8.44. The maximum atomic E-state index is 11.8. The van der Waals surface area contributed by atoms with Gasteiger partial charge in [0.05, 0.1) is 12.2 Å². The van der Waals surface area contributed by atoms with Crippen LogP contribution in [0.25, 0.3) is 0 Å². The van der Waals surface area contributed by atoms with Crippen LogP contribution < -0.4 is 5.32 Å². The third-order valence-electron chi connectivity index (χ3n) is 6.63. The van der Waals surface area contributed by atoms with E-state index in [4.69, 9.17) is 0 Å². The highest BCUT2D eigenvalue weighted by Gasteiger charge is 2.43. The maximum absolute atomic E-state index is 11.8. The van der Waals surface area contributed by atoms with Crippen LogP contribution in [0.2, 0.25) is 0 Å². The summed E-state index contributed by atoms with van der Waals surface area (Å²) in [6.07, 6.45) is 11.5. The second-order valence-corrected chi connectivity index (χ2v) is 9.81. The number of nitrogens with one attached hydrogen (secondary N) is 1. The molecule has 170 valence electrons. The van der Waals surface area contributed by atoms with Gasteiger partial charge in [0.15, 0.2) is 0 Å². The molecule has 0 bridgehead atoms. The Morgan fingerprint density at radius 3 is 2.84 bits per heavy atom. The highest BCUT2D eigenvalue weighted by Crippen LogP contribution is 2.48. The zero-order valence-corrected chi connectivity index (χ0v) is 19.3. The van der Waals surface area contributed by atoms with Crippen molar-refractivity contribution in [2.45, 2.75) is 84.0 Å². The molecule has 1 saturated carbocycles. The Balaban J connectivity index is 1.45. The molecule has 1 fully saturated rings. The molecular formula is C27H39NO3. The number of hydrogen-bond acceptors (Lipinski definition) is 3. The van der Waals surface area contributed by atoms with E-state index < -0.39 is 6.10 Å². The van der Waals surface area contributed by atoms with Crippen molar-refractivity contribution in [1.82, 2.24) is 5.32 Å². The normalized spacial score (nSPS) is 26.3. The molecule has 0 saturated heterocycles. The van der Waals surface area contributed by atoms with Crippen LogP contribution in [0.1, 0.15) is 63.5 Å². The number of aryl methyl sites for hydroxylation is 1. The maximum Gasteiger partial charge on any atom is 0.220 e. The minimum Gasteiger partial charge on any atom is -0.392 e. The van der Waals surface area contributed by atoms with E-state index in [9.17, 15) is 15.0 Å². The predicted octanol–water partition coefficient (Wildman–Crippen LogP) is 4.48. The molecule has 0 unspecified atom stereocenters. The van der Waals surface area contributed by atoms with Gasteiger partial charge in [0.25, 0.3) is 0 Å². The van der Waals surface area contributed by atoms with E-state index in [1.54, 1.807) is 0 Å². The van der Waals surface area contributed by atoms with E-state index in [0.717, 1.165) is 37.7 Å². The topological polar surface area (TPSA) is 69.6 Å². The van der Waals surface area contributed by atoms with Crippen molar-refractivity contribution in [2.75, 3.05) is 0 Å². The molecule has 2 aliphatic carbocycles. The third-order valence-corrected chi connectivity index (χ3v) is 6.63. The summed E-state index contributed by atoms with van der Waals surface area (Å²) in [5.74, 6) is 1.14. The van der Waals surface area contributed by atoms with Crippen molar-refractivity contribution in [3.63, 3.8) is 0 Å². The highest BCUT2D eigenvalue weighted by molar-refractivity contribution is 5.76. The Morgan fingerprint density at radius 2 is 2.10 bits per heavy atom. The van der Waals surface area contributed by atoms with Crippen molar-refractivity contribution in [1.29, 1.82) is 0 Å². The van der Waals surface area contributed by atoms with E-state index in [1.807, 2.05) is 32.1 Å². The average molecular weight is 426 g/mol. The molecule has 31 heavy (non-hydrogen) atoms. The standard InChI is InChI=1S/C27H39NO3/c1-18(2)28-27(31)10-5-4-8-21-14-22-17-26(30)24(25(22)16-21)12-11-23(29)15-20-9-6-7-19(3)13-20/h6-7,9,11-14,18,22-26,29-30H,4-5,8,10,15-17H2,1-3H3,(H,28,31)/t22-,23+,24+,25-,26+/m0/s1. The molecule has 1 aromatic rings. The summed E-state index contributed by atoms with van der Waals surface area (Å²) in [7, 11) is 0. The Bertz CT molecular complexity index is 797. The fourth-order valence-corrected chi connectivity index (χ4v) is 5.23. The predicted molar refractivity (Wildman–Crippen MR) is 126 cm³/mol. The van der Waals surface area contributed by atoms with E-state index in [0.29, 0.717) is 24.7 Å². The zero-order chi connectivity index (χ0) is 22.4. The lowest BCUT2D eigenvalue weighted by Gasteiger charge is -2.19. The Kier molecular flexibility index (Phi) is 8.50. The minimum atomic E-state index is -0.529. The molecule has 0 spiro atoms. The minimum absolute atomic E-state index is 0.114. The van der Waals surface area contributed by atoms with Crippen LogP contribution in [0.4, 0.5) is 0 Å². The summed E-state index contributed by atoms with van der Waals surface area (Å²) in [6.45, 7) is 6.04. The van der Waals surface area contributed by atoms with E-state index in [2.05, 4.69) is 36.5 Å². The molecule has 4 nitrogen and oxygen atoms in total. The Hall–Kier alpha value is -1.91. The largest absolute Gasteiger partial charge is 0.392 e. The van der Waals surface area contributed by atoms with E-state index in [1.165, 1.54) is 11.1 Å². The average Bonchev–Trinajstić information content (AvgIpc) is 3.19. The molecule has 0 aliphatic heterocycles. The summed E-state index contributed by atoms with van der Waals surface area (Å²) in [5.41, 5.74) is 3.81. The van der Waals surface area contributed by atoms with E-state index in [-0.39, 0.29) is 24.0 Å². The lowest BCUT2D eigenvalue weighted by atomic mass is 9.88. The van der Waals surface area contributed by atoms with Gasteiger partial charge >= 0.3 is 0 Å². The molecule has 1 amide bonds. The van der Waals surface area contributed by atoms with Crippen LogP contribution in [0.3, 0.4) is 0 Å². The molecule has 2 aliphatic rings. The van der Waals surface area contributed by atoms with Gasteiger partial charge in [-0.05, 0) is 70.3 Å². The smallest absolute Gasteiger partial charge is 0.220 e. The number of allylic oxidation sites excluding steroid dienone is 2. The van der Waals surface area contributed by atoms with Gasteiger partial charge in [-0.25, -0.2) is 0 Å². The molecule has 0 aromatic heterocycles. The van der Waals surface area contributed by atoms with E-state index >= 15 is 0 Å². The van der Waals surface area contributed by atoms with Gasteiger partial charge in [0, 0.05) is 24.8 Å². The van der Waals surface area contributed by atoms with Crippen molar-refractivity contribution in [3.05, 3.63) is 59.2 Å². The summed E-state index contributed by atoms with van der Waals surface area (Å²) in [5, 5.41) is 24.0. The third kappa shape index (κ3) is 7.05. The summed E-state index contributed by atoms with van der Waals surface area (Å²) in [4.78, 5) is 11.8. The number of benzene rings is 1.